The summed E-state index contributed by atoms with van der Waals surface area (Å²) < 4.78 is 0. The maximum atomic E-state index is 3.83. The highest BCUT2D eigenvalue weighted by Crippen LogP contribution is 2.29. The first-order valence-corrected chi connectivity index (χ1v) is 8.61. The molecule has 0 radical (unpaired) electrons. The molecule has 0 aliphatic carbocycles. The summed E-state index contributed by atoms with van der Waals surface area (Å²) in [6.07, 6.45) is 6.66. The van der Waals surface area contributed by atoms with E-state index in [-0.39, 0.29) is 0 Å². The van der Waals surface area contributed by atoms with E-state index < -0.39 is 0 Å². The average Bonchev–Trinajstić information content (AvgIpc) is 3.09. The molecule has 0 amide bonds. The Hall–Kier alpha value is -1.06. The minimum atomic E-state index is 0.714. The smallest absolute Gasteiger partial charge is 0.0396 e. The Kier molecular flexibility index (Phi) is 3.64. The van der Waals surface area contributed by atoms with Gasteiger partial charge in [-0.2, -0.15) is 0 Å². The molecule has 2 fully saturated rings. The second kappa shape index (κ2) is 5.62. The number of aryl methyl sites for hydroxylation is 1. The fourth-order valence-electron chi connectivity index (χ4n) is 4.52. The largest absolute Gasteiger partial charge is 0.374 e. The molecule has 3 aliphatic rings. The third kappa shape index (κ3) is 2.58. The van der Waals surface area contributed by atoms with Crippen LogP contribution in [-0.2, 0) is 13.0 Å². The molecule has 2 atom stereocenters. The second-order valence-electron chi connectivity index (χ2n) is 7.01. The van der Waals surface area contributed by atoms with Crippen molar-refractivity contribution in [1.82, 2.24) is 10.2 Å². The highest BCUT2D eigenvalue weighted by Gasteiger charge is 2.36. The molecule has 0 spiro atoms. The Labute approximate surface area is 128 Å². The lowest BCUT2D eigenvalue weighted by atomic mass is 9.99. The molecule has 114 valence electrons. The van der Waals surface area contributed by atoms with Crippen molar-refractivity contribution in [1.29, 1.82) is 0 Å². The van der Waals surface area contributed by atoms with E-state index in [1.54, 1.807) is 0 Å². The molecule has 2 saturated heterocycles. The van der Waals surface area contributed by atoms with Gasteiger partial charge < -0.3 is 10.2 Å². The maximum absolute atomic E-state index is 3.83. The Bertz CT molecular complexity index is 513. The number of benzene rings is 1. The second-order valence-corrected chi connectivity index (χ2v) is 7.01. The average molecular weight is 285 g/mol. The van der Waals surface area contributed by atoms with Gasteiger partial charge in [0.2, 0.25) is 0 Å². The van der Waals surface area contributed by atoms with Crippen LogP contribution >= 0.6 is 0 Å². The standard InChI is InChI=1S/C18H27N3/c1-20-9-2-4-15-12-14(6-7-17(15)20)13-19-16-8-11-21-10-3-5-18(16)21/h6-7,12,16,18-19H,2-5,8-11,13H2,1H3. The van der Waals surface area contributed by atoms with Crippen LogP contribution in [0, 0.1) is 0 Å². The zero-order chi connectivity index (χ0) is 14.2. The molecule has 3 nitrogen and oxygen atoms in total. The summed E-state index contributed by atoms with van der Waals surface area (Å²) in [6.45, 7) is 4.86. The lowest BCUT2D eigenvalue weighted by Gasteiger charge is -2.28. The van der Waals surface area contributed by atoms with Crippen molar-refractivity contribution in [3.63, 3.8) is 0 Å². The normalized spacial score (nSPS) is 28.7. The Morgan fingerprint density at radius 2 is 2.10 bits per heavy atom. The molecular weight excluding hydrogens is 258 g/mol. The molecule has 4 rings (SSSR count). The quantitative estimate of drug-likeness (QED) is 0.920. The van der Waals surface area contributed by atoms with Gasteiger partial charge in [0.25, 0.3) is 0 Å². The lowest BCUT2D eigenvalue weighted by molar-refractivity contribution is 0.298. The highest BCUT2D eigenvalue weighted by atomic mass is 15.2. The number of nitrogens with zero attached hydrogens (tertiary/aromatic N) is 2. The maximum Gasteiger partial charge on any atom is 0.0396 e. The van der Waals surface area contributed by atoms with Gasteiger partial charge in [0, 0.05) is 44.5 Å². The van der Waals surface area contributed by atoms with E-state index in [1.807, 2.05) is 0 Å². The molecule has 0 aromatic heterocycles. The van der Waals surface area contributed by atoms with Crippen molar-refractivity contribution in [2.45, 2.75) is 50.7 Å². The zero-order valence-corrected chi connectivity index (χ0v) is 13.1. The zero-order valence-electron chi connectivity index (χ0n) is 13.1. The third-order valence-corrected chi connectivity index (χ3v) is 5.67. The molecule has 1 aromatic rings. The van der Waals surface area contributed by atoms with Gasteiger partial charge in [-0.3, -0.25) is 4.90 Å². The summed E-state index contributed by atoms with van der Waals surface area (Å²) in [5.74, 6) is 0. The summed E-state index contributed by atoms with van der Waals surface area (Å²) in [4.78, 5) is 5.07. The van der Waals surface area contributed by atoms with Crippen LogP contribution in [0.15, 0.2) is 18.2 Å². The fourth-order valence-corrected chi connectivity index (χ4v) is 4.52. The summed E-state index contributed by atoms with van der Waals surface area (Å²) in [5.41, 5.74) is 4.44. The number of rotatable bonds is 3. The van der Waals surface area contributed by atoms with Gasteiger partial charge in [-0.25, -0.2) is 0 Å². The van der Waals surface area contributed by atoms with Gasteiger partial charge in [0.1, 0.15) is 0 Å². The van der Waals surface area contributed by atoms with Gasteiger partial charge in [-0.1, -0.05) is 12.1 Å². The predicted molar refractivity (Wildman–Crippen MR) is 87.9 cm³/mol. The Balaban J connectivity index is 1.41. The monoisotopic (exact) mass is 285 g/mol. The van der Waals surface area contributed by atoms with Gasteiger partial charge in [0.15, 0.2) is 0 Å². The third-order valence-electron chi connectivity index (χ3n) is 5.67. The minimum absolute atomic E-state index is 0.714. The molecule has 1 aromatic carbocycles. The van der Waals surface area contributed by atoms with E-state index in [2.05, 4.69) is 40.4 Å². The summed E-state index contributed by atoms with van der Waals surface area (Å²) in [6, 6.07) is 8.59. The molecule has 21 heavy (non-hydrogen) atoms. The lowest BCUT2D eigenvalue weighted by Crippen LogP contribution is -2.38. The van der Waals surface area contributed by atoms with E-state index in [0.29, 0.717) is 6.04 Å². The van der Waals surface area contributed by atoms with Crippen LogP contribution in [0.4, 0.5) is 5.69 Å². The summed E-state index contributed by atoms with van der Waals surface area (Å²) in [5, 5.41) is 3.83. The summed E-state index contributed by atoms with van der Waals surface area (Å²) in [7, 11) is 2.21. The highest BCUT2D eigenvalue weighted by molar-refractivity contribution is 5.56. The van der Waals surface area contributed by atoms with E-state index in [1.165, 1.54) is 68.6 Å². The molecule has 3 aliphatic heterocycles. The molecule has 0 bridgehead atoms. The van der Waals surface area contributed by atoms with Crippen molar-refractivity contribution in [3.8, 4) is 0 Å². The van der Waals surface area contributed by atoms with E-state index in [0.717, 1.165) is 12.6 Å². The van der Waals surface area contributed by atoms with Gasteiger partial charge in [0.05, 0.1) is 0 Å². The topological polar surface area (TPSA) is 18.5 Å². The number of fused-ring (bicyclic) bond motifs is 2. The molecule has 0 saturated carbocycles. The van der Waals surface area contributed by atoms with Crippen molar-refractivity contribution in [2.24, 2.45) is 0 Å². The van der Waals surface area contributed by atoms with Crippen molar-refractivity contribution in [3.05, 3.63) is 29.3 Å². The number of nitrogens with one attached hydrogen (secondary N) is 1. The van der Waals surface area contributed by atoms with Crippen LogP contribution < -0.4 is 10.2 Å². The predicted octanol–water partition coefficient (Wildman–Crippen LogP) is 2.40. The Morgan fingerprint density at radius 1 is 1.14 bits per heavy atom. The SMILES string of the molecule is CN1CCCc2cc(CNC3CCN4CCCC34)ccc21. The van der Waals surface area contributed by atoms with Crippen LogP contribution in [0.3, 0.4) is 0 Å². The molecule has 3 heterocycles. The summed E-state index contributed by atoms with van der Waals surface area (Å²) >= 11 is 0. The molecule has 3 heteroatoms. The van der Waals surface area contributed by atoms with Crippen LogP contribution in [0.5, 0.6) is 0 Å². The first-order valence-electron chi connectivity index (χ1n) is 8.61. The van der Waals surface area contributed by atoms with E-state index in [9.17, 15) is 0 Å². The van der Waals surface area contributed by atoms with Crippen molar-refractivity contribution in [2.75, 3.05) is 31.6 Å². The first-order chi connectivity index (χ1) is 10.3. The fraction of sp³-hybridized carbons (Fsp3) is 0.667. The first kappa shape index (κ1) is 13.6. The van der Waals surface area contributed by atoms with Crippen LogP contribution in [0.1, 0.15) is 36.8 Å². The van der Waals surface area contributed by atoms with Crippen LogP contribution in [0.2, 0.25) is 0 Å². The number of anilines is 1. The van der Waals surface area contributed by atoms with Gasteiger partial charge >= 0.3 is 0 Å². The van der Waals surface area contributed by atoms with Gasteiger partial charge in [-0.15, -0.1) is 0 Å². The van der Waals surface area contributed by atoms with Crippen molar-refractivity contribution >= 4 is 5.69 Å². The van der Waals surface area contributed by atoms with Crippen molar-refractivity contribution < 1.29 is 0 Å². The van der Waals surface area contributed by atoms with E-state index in [4.69, 9.17) is 0 Å². The van der Waals surface area contributed by atoms with Gasteiger partial charge in [-0.05, 0) is 55.8 Å². The number of hydrogen-bond acceptors (Lipinski definition) is 3. The van der Waals surface area contributed by atoms with Crippen LogP contribution in [0.25, 0.3) is 0 Å². The molecular formula is C18H27N3. The van der Waals surface area contributed by atoms with Crippen LogP contribution in [-0.4, -0.2) is 43.7 Å². The van der Waals surface area contributed by atoms with E-state index >= 15 is 0 Å². The molecule has 2 unspecified atom stereocenters. The number of hydrogen-bond donors (Lipinski definition) is 1. The minimum Gasteiger partial charge on any atom is -0.374 e. The Morgan fingerprint density at radius 3 is 3.05 bits per heavy atom. The molecule has 1 N–H and O–H groups in total.